The first-order valence-corrected chi connectivity index (χ1v) is 10.1. The number of aliphatic carboxylic acids is 1. The highest BCUT2D eigenvalue weighted by atomic mass is 19.2. The minimum atomic E-state index is -2.26. The van der Waals surface area contributed by atoms with Crippen LogP contribution in [0.15, 0.2) is 30.5 Å². The number of carbonyl (C=O) groups is 2. The molecule has 0 aliphatic heterocycles. The van der Waals surface area contributed by atoms with Crippen molar-refractivity contribution in [3.05, 3.63) is 70.7 Å². The Labute approximate surface area is 190 Å². The normalized spacial score (nSPS) is 12.6. The van der Waals surface area contributed by atoms with Gasteiger partial charge in [-0.05, 0) is 32.4 Å². The molecule has 0 saturated heterocycles. The van der Waals surface area contributed by atoms with Gasteiger partial charge in [-0.25, -0.2) is 31.5 Å². The fourth-order valence-corrected chi connectivity index (χ4v) is 3.45. The molecule has 3 aromatic rings. The smallest absolute Gasteiger partial charge is 0.408 e. The number of halogens is 5. The highest BCUT2D eigenvalue weighted by Gasteiger charge is 2.28. The van der Waals surface area contributed by atoms with Gasteiger partial charge in [0.25, 0.3) is 0 Å². The van der Waals surface area contributed by atoms with Crippen LogP contribution in [-0.2, 0) is 22.5 Å². The molecular weight excluding hydrogens is 463 g/mol. The van der Waals surface area contributed by atoms with Crippen LogP contribution in [0.5, 0.6) is 0 Å². The summed E-state index contributed by atoms with van der Waals surface area (Å²) in [6, 6.07) is 4.96. The van der Waals surface area contributed by atoms with Crippen LogP contribution in [0.1, 0.15) is 31.9 Å². The zero-order valence-electron chi connectivity index (χ0n) is 18.4. The van der Waals surface area contributed by atoms with Gasteiger partial charge in [0.2, 0.25) is 5.82 Å². The lowest BCUT2D eigenvalue weighted by Gasteiger charge is -2.22. The molecule has 0 spiro atoms. The molecule has 34 heavy (non-hydrogen) atoms. The number of carboxylic acid groups (broad SMARTS) is 1. The fraction of sp³-hybridized carbons (Fsp3) is 0.304. The molecule has 0 fully saturated rings. The molecule has 0 aliphatic carbocycles. The SMILES string of the molecule is CC(C)(C)OC(=O)NC(Cc1cn(Cc2c(F)c(F)c(F)c(F)c2F)c2ccccc12)C(=O)O. The van der Waals surface area contributed by atoms with Gasteiger partial charge >= 0.3 is 12.1 Å². The first kappa shape index (κ1) is 25.0. The average molecular weight is 484 g/mol. The Balaban J connectivity index is 1.98. The molecule has 0 aliphatic rings. The number of fused-ring (bicyclic) bond motifs is 1. The molecule has 11 heteroatoms. The van der Waals surface area contributed by atoms with E-state index < -0.39 is 64.9 Å². The van der Waals surface area contributed by atoms with Crippen molar-refractivity contribution in [2.45, 2.75) is 45.4 Å². The largest absolute Gasteiger partial charge is 0.480 e. The van der Waals surface area contributed by atoms with Crippen molar-refractivity contribution in [3.8, 4) is 0 Å². The van der Waals surface area contributed by atoms with Crippen LogP contribution in [0.25, 0.3) is 10.9 Å². The summed E-state index contributed by atoms with van der Waals surface area (Å²) < 4.78 is 75.4. The number of carboxylic acids is 1. The summed E-state index contributed by atoms with van der Waals surface area (Å²) in [5.74, 6) is -11.6. The molecule has 0 saturated carbocycles. The van der Waals surface area contributed by atoms with E-state index in [0.29, 0.717) is 16.5 Å². The molecule has 1 aromatic heterocycles. The lowest BCUT2D eigenvalue weighted by molar-refractivity contribution is -0.139. The van der Waals surface area contributed by atoms with Gasteiger partial charge in [0, 0.05) is 29.1 Å². The van der Waals surface area contributed by atoms with Gasteiger partial charge in [-0.15, -0.1) is 0 Å². The van der Waals surface area contributed by atoms with Gasteiger partial charge in [0.05, 0.1) is 6.54 Å². The number of aromatic nitrogens is 1. The molecular formula is C23H21F5N2O4. The van der Waals surface area contributed by atoms with E-state index >= 15 is 0 Å². The average Bonchev–Trinajstić information content (AvgIpc) is 3.09. The quantitative estimate of drug-likeness (QED) is 0.296. The molecule has 1 unspecified atom stereocenters. The van der Waals surface area contributed by atoms with Crippen molar-refractivity contribution < 1.29 is 41.4 Å². The Morgan fingerprint density at radius 3 is 2.12 bits per heavy atom. The first-order chi connectivity index (χ1) is 15.8. The van der Waals surface area contributed by atoms with Crippen molar-refractivity contribution in [3.63, 3.8) is 0 Å². The van der Waals surface area contributed by atoms with E-state index in [2.05, 4.69) is 5.32 Å². The van der Waals surface area contributed by atoms with Crippen LogP contribution >= 0.6 is 0 Å². The van der Waals surface area contributed by atoms with Crippen LogP contribution < -0.4 is 5.32 Å². The third-order valence-electron chi connectivity index (χ3n) is 4.91. The van der Waals surface area contributed by atoms with Crippen molar-refractivity contribution >= 4 is 23.0 Å². The van der Waals surface area contributed by atoms with E-state index in [-0.39, 0.29) is 6.42 Å². The van der Waals surface area contributed by atoms with Gasteiger partial charge in [0.15, 0.2) is 23.3 Å². The molecule has 0 radical (unpaired) electrons. The van der Waals surface area contributed by atoms with Crippen LogP contribution in [0.2, 0.25) is 0 Å². The summed E-state index contributed by atoms with van der Waals surface area (Å²) in [5.41, 5.74) is -1.17. The number of benzene rings is 2. The number of alkyl carbamates (subject to hydrolysis) is 1. The first-order valence-electron chi connectivity index (χ1n) is 10.1. The maximum Gasteiger partial charge on any atom is 0.408 e. The number of nitrogens with zero attached hydrogens (tertiary/aromatic N) is 1. The summed E-state index contributed by atoms with van der Waals surface area (Å²) in [6.07, 6.45) is 0.152. The predicted molar refractivity (Wildman–Crippen MR) is 112 cm³/mol. The number of para-hydroxylation sites is 1. The predicted octanol–water partition coefficient (Wildman–Crippen LogP) is 4.91. The maximum atomic E-state index is 14.2. The number of amides is 1. The fourth-order valence-electron chi connectivity index (χ4n) is 3.45. The van der Waals surface area contributed by atoms with Crippen LogP contribution in [-0.4, -0.2) is 33.4 Å². The number of ether oxygens (including phenoxy) is 1. The lowest BCUT2D eigenvalue weighted by Crippen LogP contribution is -2.44. The number of carbonyl (C=O) groups excluding carboxylic acids is 1. The second kappa shape index (κ2) is 9.32. The van der Waals surface area contributed by atoms with E-state index in [1.807, 2.05) is 0 Å². The van der Waals surface area contributed by atoms with E-state index in [1.165, 1.54) is 10.8 Å². The third kappa shape index (κ3) is 5.13. The number of rotatable bonds is 6. The standard InChI is InChI=1S/C23H21F5N2O4/c1-23(2,3)34-22(33)29-14(21(31)32)8-11-9-30(15-7-5-4-6-12(11)15)10-13-16(24)18(26)20(28)19(27)17(13)25/h4-7,9,14H,8,10H2,1-3H3,(H,29,33)(H,31,32). The highest BCUT2D eigenvalue weighted by Crippen LogP contribution is 2.28. The molecule has 1 amide bonds. The molecule has 3 rings (SSSR count). The van der Waals surface area contributed by atoms with E-state index in [0.717, 1.165) is 0 Å². The summed E-state index contributed by atoms with van der Waals surface area (Å²) in [6.45, 7) is 4.11. The lowest BCUT2D eigenvalue weighted by atomic mass is 10.1. The highest BCUT2D eigenvalue weighted by molar-refractivity contribution is 5.86. The van der Waals surface area contributed by atoms with Gasteiger partial charge in [-0.2, -0.15) is 0 Å². The molecule has 2 N–H and O–H groups in total. The Morgan fingerprint density at radius 1 is 1.00 bits per heavy atom. The maximum absolute atomic E-state index is 14.2. The van der Waals surface area contributed by atoms with E-state index in [1.54, 1.807) is 45.0 Å². The number of nitrogens with one attached hydrogen (secondary N) is 1. The Bertz CT molecular complexity index is 1240. The number of hydrogen-bond donors (Lipinski definition) is 2. The zero-order valence-corrected chi connectivity index (χ0v) is 18.4. The summed E-state index contributed by atoms with van der Waals surface area (Å²) in [5, 5.41) is 12.3. The summed E-state index contributed by atoms with van der Waals surface area (Å²) in [7, 11) is 0. The van der Waals surface area contributed by atoms with Crippen molar-refractivity contribution in [2.75, 3.05) is 0 Å². The molecule has 2 aromatic carbocycles. The molecule has 182 valence electrons. The van der Waals surface area contributed by atoms with Crippen LogP contribution in [0.4, 0.5) is 26.7 Å². The van der Waals surface area contributed by atoms with E-state index in [4.69, 9.17) is 4.74 Å². The number of hydrogen-bond acceptors (Lipinski definition) is 3. The zero-order chi connectivity index (χ0) is 25.4. The topological polar surface area (TPSA) is 80.6 Å². The molecule has 0 bridgehead atoms. The molecule has 1 heterocycles. The Kier molecular flexibility index (Phi) is 6.85. The Morgan fingerprint density at radius 2 is 1.56 bits per heavy atom. The molecule has 1 atom stereocenters. The Hall–Kier alpha value is -3.63. The van der Waals surface area contributed by atoms with Gasteiger partial charge < -0.3 is 19.7 Å². The van der Waals surface area contributed by atoms with Crippen molar-refractivity contribution in [1.82, 2.24) is 9.88 Å². The minimum absolute atomic E-state index is 0.237. The second-order valence-electron chi connectivity index (χ2n) is 8.59. The summed E-state index contributed by atoms with van der Waals surface area (Å²) in [4.78, 5) is 23.8. The van der Waals surface area contributed by atoms with Gasteiger partial charge in [0.1, 0.15) is 11.6 Å². The van der Waals surface area contributed by atoms with E-state index in [9.17, 15) is 36.6 Å². The molecule has 6 nitrogen and oxygen atoms in total. The summed E-state index contributed by atoms with van der Waals surface area (Å²) >= 11 is 0. The van der Waals surface area contributed by atoms with Gasteiger partial charge in [-0.3, -0.25) is 0 Å². The van der Waals surface area contributed by atoms with Gasteiger partial charge in [-0.1, -0.05) is 18.2 Å². The van der Waals surface area contributed by atoms with Crippen molar-refractivity contribution in [1.29, 1.82) is 0 Å². The monoisotopic (exact) mass is 484 g/mol. The van der Waals surface area contributed by atoms with Crippen LogP contribution in [0.3, 0.4) is 0 Å². The third-order valence-corrected chi connectivity index (χ3v) is 4.91. The second-order valence-corrected chi connectivity index (χ2v) is 8.59. The minimum Gasteiger partial charge on any atom is -0.480 e. The van der Waals surface area contributed by atoms with Crippen molar-refractivity contribution in [2.24, 2.45) is 0 Å². The van der Waals surface area contributed by atoms with Crippen LogP contribution in [0, 0.1) is 29.1 Å².